The average Bonchev–Trinajstić information content (AvgIpc) is 3.25. The Hall–Kier alpha value is -2.86. The molecule has 1 fully saturated rings. The van der Waals surface area contributed by atoms with Crippen LogP contribution in [0.25, 0.3) is 0 Å². The minimum Gasteiger partial charge on any atom is -0.496 e. The van der Waals surface area contributed by atoms with Crippen molar-refractivity contribution in [1.29, 1.82) is 0 Å². The van der Waals surface area contributed by atoms with E-state index >= 15 is 0 Å². The molecule has 2 amide bonds. The lowest BCUT2D eigenvalue weighted by molar-refractivity contribution is -0.116. The summed E-state index contributed by atoms with van der Waals surface area (Å²) in [6.45, 7) is 3.21. The molecule has 0 radical (unpaired) electrons. The van der Waals surface area contributed by atoms with Gasteiger partial charge in [-0.25, -0.2) is 0 Å². The third kappa shape index (κ3) is 5.81. The highest BCUT2D eigenvalue weighted by molar-refractivity contribution is 6.03. The average molecular weight is 396 g/mol. The van der Waals surface area contributed by atoms with E-state index in [1.165, 1.54) is 0 Å². The molecule has 0 spiro atoms. The topological polar surface area (TPSA) is 76.7 Å². The van der Waals surface area contributed by atoms with E-state index in [2.05, 4.69) is 10.6 Å². The van der Waals surface area contributed by atoms with Crippen molar-refractivity contribution < 1.29 is 19.1 Å². The molecule has 1 heterocycles. The molecule has 6 nitrogen and oxygen atoms in total. The molecule has 0 saturated carbocycles. The van der Waals surface area contributed by atoms with E-state index in [0.29, 0.717) is 30.6 Å². The van der Waals surface area contributed by atoms with Crippen LogP contribution in [0.15, 0.2) is 42.5 Å². The second kappa shape index (κ2) is 10.1. The van der Waals surface area contributed by atoms with Crippen molar-refractivity contribution in [2.75, 3.05) is 25.6 Å². The molecule has 1 atom stereocenters. The van der Waals surface area contributed by atoms with Gasteiger partial charge in [-0.15, -0.1) is 0 Å². The standard InChI is InChI=1S/C23H28N2O4/c1-16-14-17(9-11-21(16)28-2)10-12-22(26)25-20-8-4-3-7-19(20)23(27)24-15-18-6-5-13-29-18/h3-4,7-9,11,14,18H,5-6,10,12-13,15H2,1-2H3,(H,24,27)(H,25,26)/t18-/m1/s1. The molecule has 1 aliphatic heterocycles. The van der Waals surface area contributed by atoms with Crippen LogP contribution in [0.4, 0.5) is 5.69 Å². The molecule has 154 valence electrons. The Kier molecular flexibility index (Phi) is 7.25. The first-order valence-corrected chi connectivity index (χ1v) is 9.99. The highest BCUT2D eigenvalue weighted by atomic mass is 16.5. The van der Waals surface area contributed by atoms with Crippen LogP contribution in [0.5, 0.6) is 5.75 Å². The Morgan fingerprint density at radius 3 is 2.76 bits per heavy atom. The minimum absolute atomic E-state index is 0.0775. The molecule has 0 bridgehead atoms. The summed E-state index contributed by atoms with van der Waals surface area (Å²) < 4.78 is 10.8. The number of carbonyl (C=O) groups is 2. The van der Waals surface area contributed by atoms with Gasteiger partial charge in [-0.05, 0) is 55.5 Å². The van der Waals surface area contributed by atoms with Gasteiger partial charge in [0.1, 0.15) is 5.75 Å². The lowest BCUT2D eigenvalue weighted by atomic mass is 10.1. The molecule has 1 saturated heterocycles. The zero-order valence-corrected chi connectivity index (χ0v) is 17.0. The molecule has 29 heavy (non-hydrogen) atoms. The molecular formula is C23H28N2O4. The molecule has 1 aliphatic rings. The van der Waals surface area contributed by atoms with E-state index in [1.54, 1.807) is 31.4 Å². The van der Waals surface area contributed by atoms with Crippen molar-refractivity contribution >= 4 is 17.5 Å². The number of carbonyl (C=O) groups excluding carboxylic acids is 2. The van der Waals surface area contributed by atoms with Crippen LogP contribution < -0.4 is 15.4 Å². The van der Waals surface area contributed by atoms with Crippen molar-refractivity contribution in [3.63, 3.8) is 0 Å². The Bertz CT molecular complexity index is 860. The van der Waals surface area contributed by atoms with Crippen molar-refractivity contribution in [3.8, 4) is 5.75 Å². The predicted molar refractivity (Wildman–Crippen MR) is 112 cm³/mol. The van der Waals surface area contributed by atoms with Gasteiger partial charge in [0.2, 0.25) is 5.91 Å². The summed E-state index contributed by atoms with van der Waals surface area (Å²) in [6, 6.07) is 13.0. The van der Waals surface area contributed by atoms with E-state index in [0.717, 1.165) is 36.3 Å². The number of hydrogen-bond donors (Lipinski definition) is 2. The van der Waals surface area contributed by atoms with Gasteiger partial charge in [-0.2, -0.15) is 0 Å². The summed E-state index contributed by atoms with van der Waals surface area (Å²) in [7, 11) is 1.64. The summed E-state index contributed by atoms with van der Waals surface area (Å²) in [5.74, 6) is 0.501. The van der Waals surface area contributed by atoms with E-state index in [9.17, 15) is 9.59 Å². The van der Waals surface area contributed by atoms with E-state index in [1.807, 2.05) is 25.1 Å². The van der Waals surface area contributed by atoms with Crippen LogP contribution in [-0.2, 0) is 16.0 Å². The van der Waals surface area contributed by atoms with Crippen LogP contribution in [0.2, 0.25) is 0 Å². The molecule has 2 aromatic carbocycles. The Balaban J connectivity index is 1.55. The van der Waals surface area contributed by atoms with Crippen molar-refractivity contribution in [3.05, 3.63) is 59.2 Å². The first-order valence-electron chi connectivity index (χ1n) is 9.99. The fourth-order valence-electron chi connectivity index (χ4n) is 3.46. The molecule has 2 aromatic rings. The van der Waals surface area contributed by atoms with Crippen molar-refractivity contribution in [1.82, 2.24) is 5.32 Å². The molecule has 2 N–H and O–H groups in total. The van der Waals surface area contributed by atoms with E-state index in [4.69, 9.17) is 9.47 Å². The maximum Gasteiger partial charge on any atom is 0.253 e. The number of amides is 2. The van der Waals surface area contributed by atoms with Gasteiger partial charge >= 0.3 is 0 Å². The Morgan fingerprint density at radius 1 is 1.21 bits per heavy atom. The van der Waals surface area contributed by atoms with E-state index in [-0.39, 0.29) is 17.9 Å². The quantitative estimate of drug-likeness (QED) is 0.716. The Labute approximate surface area is 171 Å². The molecule has 3 rings (SSSR count). The summed E-state index contributed by atoms with van der Waals surface area (Å²) >= 11 is 0. The monoisotopic (exact) mass is 396 g/mol. The summed E-state index contributed by atoms with van der Waals surface area (Å²) in [4.78, 5) is 25.0. The predicted octanol–water partition coefficient (Wildman–Crippen LogP) is 3.48. The number of nitrogens with one attached hydrogen (secondary N) is 2. The van der Waals surface area contributed by atoms with Gasteiger partial charge in [0.15, 0.2) is 0 Å². The van der Waals surface area contributed by atoms with E-state index < -0.39 is 0 Å². The van der Waals surface area contributed by atoms with Gasteiger partial charge < -0.3 is 20.1 Å². The first kappa shape index (κ1) is 20.9. The SMILES string of the molecule is COc1ccc(CCC(=O)Nc2ccccc2C(=O)NC[C@H]2CCCO2)cc1C. The number of ether oxygens (including phenoxy) is 2. The van der Waals surface area contributed by atoms with Gasteiger partial charge in [-0.1, -0.05) is 24.3 Å². The number of aryl methyl sites for hydroxylation is 2. The second-order valence-electron chi connectivity index (χ2n) is 7.24. The zero-order chi connectivity index (χ0) is 20.6. The lowest BCUT2D eigenvalue weighted by Gasteiger charge is -2.14. The fraction of sp³-hybridized carbons (Fsp3) is 0.391. The zero-order valence-electron chi connectivity index (χ0n) is 17.0. The second-order valence-corrected chi connectivity index (χ2v) is 7.24. The van der Waals surface area contributed by atoms with Crippen molar-refractivity contribution in [2.45, 2.75) is 38.7 Å². The van der Waals surface area contributed by atoms with Gasteiger partial charge in [0, 0.05) is 19.6 Å². The maximum atomic E-state index is 12.6. The fourth-order valence-corrected chi connectivity index (χ4v) is 3.46. The number of rotatable bonds is 8. The van der Waals surface area contributed by atoms with Crippen LogP contribution in [0, 0.1) is 6.92 Å². The normalized spacial score (nSPS) is 15.7. The Morgan fingerprint density at radius 2 is 2.03 bits per heavy atom. The first-order chi connectivity index (χ1) is 14.1. The van der Waals surface area contributed by atoms with Crippen LogP contribution in [0.1, 0.15) is 40.7 Å². The summed E-state index contributed by atoms with van der Waals surface area (Å²) in [5.41, 5.74) is 3.09. The molecule has 0 aliphatic carbocycles. The van der Waals surface area contributed by atoms with Crippen LogP contribution in [-0.4, -0.2) is 38.2 Å². The van der Waals surface area contributed by atoms with Crippen LogP contribution in [0.3, 0.4) is 0 Å². The van der Waals surface area contributed by atoms with Gasteiger partial charge in [0.25, 0.3) is 5.91 Å². The number of methoxy groups -OCH3 is 1. The molecule has 0 unspecified atom stereocenters. The third-order valence-corrected chi connectivity index (χ3v) is 5.06. The van der Waals surface area contributed by atoms with Crippen molar-refractivity contribution in [2.24, 2.45) is 0 Å². The minimum atomic E-state index is -0.206. The number of benzene rings is 2. The number of para-hydroxylation sites is 1. The summed E-state index contributed by atoms with van der Waals surface area (Å²) in [5, 5.41) is 5.77. The lowest BCUT2D eigenvalue weighted by Crippen LogP contribution is -2.32. The molecule has 6 heteroatoms. The van der Waals surface area contributed by atoms with Crippen LogP contribution >= 0.6 is 0 Å². The van der Waals surface area contributed by atoms with Gasteiger partial charge in [0.05, 0.1) is 24.5 Å². The number of hydrogen-bond acceptors (Lipinski definition) is 4. The maximum absolute atomic E-state index is 12.6. The summed E-state index contributed by atoms with van der Waals surface area (Å²) in [6.07, 6.45) is 3.01. The van der Waals surface area contributed by atoms with Gasteiger partial charge in [-0.3, -0.25) is 9.59 Å². The third-order valence-electron chi connectivity index (χ3n) is 5.06. The smallest absolute Gasteiger partial charge is 0.253 e. The molecular weight excluding hydrogens is 368 g/mol. The molecule has 0 aromatic heterocycles. The largest absolute Gasteiger partial charge is 0.496 e. The highest BCUT2D eigenvalue weighted by Crippen LogP contribution is 2.20. The highest BCUT2D eigenvalue weighted by Gasteiger charge is 2.18. The number of anilines is 1.